The van der Waals surface area contributed by atoms with Crippen LogP contribution in [-0.2, 0) is 9.59 Å². The highest BCUT2D eigenvalue weighted by Gasteiger charge is 2.01. The van der Waals surface area contributed by atoms with E-state index in [0.29, 0.717) is 37.7 Å². The van der Waals surface area contributed by atoms with E-state index in [1.54, 1.807) is 0 Å². The molecule has 0 saturated heterocycles. The fourth-order valence-electron chi connectivity index (χ4n) is 1.65. The molecule has 0 radical (unpaired) electrons. The van der Waals surface area contributed by atoms with Crippen molar-refractivity contribution in [2.24, 2.45) is 0 Å². The van der Waals surface area contributed by atoms with Gasteiger partial charge in [0.25, 0.3) is 0 Å². The molecule has 0 aromatic rings. The first kappa shape index (κ1) is 18.5. The Morgan fingerprint density at radius 3 is 1.42 bits per heavy atom. The zero-order chi connectivity index (χ0) is 14.3. The molecule has 0 spiro atoms. The molecule has 0 aliphatic rings. The molecule has 0 bridgehead atoms. The van der Waals surface area contributed by atoms with E-state index in [4.69, 9.17) is 23.2 Å². The van der Waals surface area contributed by atoms with E-state index in [2.05, 4.69) is 10.6 Å². The fraction of sp³-hybridized carbons (Fsp3) is 0.846. The Kier molecular flexibility index (Phi) is 13.6. The number of hydrogen-bond acceptors (Lipinski definition) is 2. The van der Waals surface area contributed by atoms with Gasteiger partial charge in [-0.05, 0) is 12.8 Å². The van der Waals surface area contributed by atoms with Crippen LogP contribution in [0.25, 0.3) is 0 Å². The summed E-state index contributed by atoms with van der Waals surface area (Å²) in [6.07, 6.45) is 6.03. The molecule has 19 heavy (non-hydrogen) atoms. The average molecular weight is 311 g/mol. The molecule has 0 saturated carbocycles. The van der Waals surface area contributed by atoms with Gasteiger partial charge in [0.1, 0.15) is 0 Å². The Balaban J connectivity index is 3.22. The van der Waals surface area contributed by atoms with Crippen LogP contribution in [0.2, 0.25) is 0 Å². The summed E-state index contributed by atoms with van der Waals surface area (Å²) in [6.45, 7) is 1.08. The molecule has 0 aromatic carbocycles. The third kappa shape index (κ3) is 13.7. The maximum atomic E-state index is 11.2. The third-order valence-electron chi connectivity index (χ3n) is 2.64. The lowest BCUT2D eigenvalue weighted by Crippen LogP contribution is -2.24. The van der Waals surface area contributed by atoms with Gasteiger partial charge in [-0.3, -0.25) is 9.59 Å². The van der Waals surface area contributed by atoms with Crippen molar-refractivity contribution in [1.82, 2.24) is 10.6 Å². The third-order valence-corrected chi connectivity index (χ3v) is 3.02. The quantitative estimate of drug-likeness (QED) is 0.429. The van der Waals surface area contributed by atoms with Crippen LogP contribution < -0.4 is 10.6 Å². The monoisotopic (exact) mass is 310 g/mol. The van der Waals surface area contributed by atoms with E-state index < -0.39 is 0 Å². The summed E-state index contributed by atoms with van der Waals surface area (Å²) in [5.41, 5.74) is 0. The highest BCUT2D eigenvalue weighted by atomic mass is 35.5. The number of alkyl halides is 2. The zero-order valence-corrected chi connectivity index (χ0v) is 12.9. The molecule has 2 N–H and O–H groups in total. The SMILES string of the molecule is O=C(CCCCCCCC(=O)NCCCl)NCCCl. The summed E-state index contributed by atoms with van der Waals surface area (Å²) < 4.78 is 0. The van der Waals surface area contributed by atoms with Crippen LogP contribution in [0.1, 0.15) is 44.9 Å². The van der Waals surface area contributed by atoms with Crippen LogP contribution in [0.4, 0.5) is 0 Å². The number of amides is 2. The summed E-state index contributed by atoms with van der Waals surface area (Å²) in [7, 11) is 0. The van der Waals surface area contributed by atoms with Crippen molar-refractivity contribution in [3.05, 3.63) is 0 Å². The second-order valence-corrected chi connectivity index (χ2v) is 5.10. The number of carbonyl (C=O) groups is 2. The highest BCUT2D eigenvalue weighted by molar-refractivity contribution is 6.18. The Bertz CT molecular complexity index is 227. The summed E-state index contributed by atoms with van der Waals surface area (Å²) >= 11 is 10.9. The molecule has 0 heterocycles. The van der Waals surface area contributed by atoms with Crippen LogP contribution >= 0.6 is 23.2 Å². The minimum absolute atomic E-state index is 0.0705. The smallest absolute Gasteiger partial charge is 0.220 e. The van der Waals surface area contributed by atoms with Crippen molar-refractivity contribution in [3.8, 4) is 0 Å². The van der Waals surface area contributed by atoms with Gasteiger partial charge in [0.2, 0.25) is 11.8 Å². The highest BCUT2D eigenvalue weighted by Crippen LogP contribution is 2.07. The molecule has 0 aliphatic heterocycles. The Hall–Kier alpha value is -0.480. The molecule has 2 amide bonds. The van der Waals surface area contributed by atoms with E-state index in [1.165, 1.54) is 0 Å². The molecular formula is C13H24Cl2N2O2. The molecule has 0 atom stereocenters. The van der Waals surface area contributed by atoms with Gasteiger partial charge in [-0.25, -0.2) is 0 Å². The Labute approximate surface area is 125 Å². The van der Waals surface area contributed by atoms with Gasteiger partial charge in [0, 0.05) is 37.7 Å². The lowest BCUT2D eigenvalue weighted by molar-refractivity contribution is -0.121. The number of carbonyl (C=O) groups excluding carboxylic acids is 2. The van der Waals surface area contributed by atoms with Crippen molar-refractivity contribution in [2.45, 2.75) is 44.9 Å². The number of rotatable bonds is 12. The lowest BCUT2D eigenvalue weighted by atomic mass is 10.1. The maximum Gasteiger partial charge on any atom is 0.220 e. The van der Waals surface area contributed by atoms with Crippen molar-refractivity contribution in [3.63, 3.8) is 0 Å². The molecule has 6 heteroatoms. The molecular weight excluding hydrogens is 287 g/mol. The van der Waals surface area contributed by atoms with Crippen LogP contribution in [0.5, 0.6) is 0 Å². The predicted molar refractivity (Wildman–Crippen MR) is 79.8 cm³/mol. The van der Waals surface area contributed by atoms with Gasteiger partial charge in [-0.1, -0.05) is 19.3 Å². The first-order valence-electron chi connectivity index (χ1n) is 6.86. The topological polar surface area (TPSA) is 58.2 Å². The molecule has 0 aromatic heterocycles. The number of hydrogen-bond donors (Lipinski definition) is 2. The predicted octanol–water partition coefficient (Wildman–Crippen LogP) is 2.43. The molecule has 0 aliphatic carbocycles. The summed E-state index contributed by atoms with van der Waals surface area (Å²) in [5, 5.41) is 5.47. The molecule has 112 valence electrons. The lowest BCUT2D eigenvalue weighted by Gasteiger charge is -2.04. The van der Waals surface area contributed by atoms with E-state index in [0.717, 1.165) is 32.1 Å². The van der Waals surface area contributed by atoms with Crippen LogP contribution in [0.3, 0.4) is 0 Å². The maximum absolute atomic E-state index is 11.2. The van der Waals surface area contributed by atoms with Gasteiger partial charge in [0.15, 0.2) is 0 Å². The number of halogens is 2. The summed E-state index contributed by atoms with van der Waals surface area (Å²) in [5.74, 6) is 1.05. The van der Waals surface area contributed by atoms with E-state index in [-0.39, 0.29) is 11.8 Å². The molecule has 0 fully saturated rings. The Morgan fingerprint density at radius 1 is 0.684 bits per heavy atom. The van der Waals surface area contributed by atoms with Gasteiger partial charge in [-0.2, -0.15) is 0 Å². The summed E-state index contributed by atoms with van der Waals surface area (Å²) in [4.78, 5) is 22.5. The van der Waals surface area contributed by atoms with Gasteiger partial charge >= 0.3 is 0 Å². The average Bonchev–Trinajstić information content (AvgIpc) is 2.41. The van der Waals surface area contributed by atoms with Crippen LogP contribution in [0.15, 0.2) is 0 Å². The van der Waals surface area contributed by atoms with Gasteiger partial charge < -0.3 is 10.6 Å². The minimum atomic E-state index is 0.0705. The second-order valence-electron chi connectivity index (χ2n) is 4.35. The zero-order valence-electron chi connectivity index (χ0n) is 11.4. The van der Waals surface area contributed by atoms with Crippen molar-refractivity contribution < 1.29 is 9.59 Å². The van der Waals surface area contributed by atoms with E-state index >= 15 is 0 Å². The first-order valence-corrected chi connectivity index (χ1v) is 7.93. The van der Waals surface area contributed by atoms with Crippen molar-refractivity contribution in [1.29, 1.82) is 0 Å². The van der Waals surface area contributed by atoms with Crippen molar-refractivity contribution in [2.75, 3.05) is 24.8 Å². The molecule has 4 nitrogen and oxygen atoms in total. The Morgan fingerprint density at radius 2 is 1.05 bits per heavy atom. The molecule has 0 rings (SSSR count). The van der Waals surface area contributed by atoms with Gasteiger partial charge in [-0.15, -0.1) is 23.2 Å². The normalized spacial score (nSPS) is 10.2. The summed E-state index contributed by atoms with van der Waals surface area (Å²) in [6, 6.07) is 0. The standard InChI is InChI=1S/C13H24Cl2N2O2/c14-8-10-16-12(18)6-4-2-1-3-5-7-13(19)17-11-9-15/h1-11H2,(H,16,18)(H,17,19). The van der Waals surface area contributed by atoms with Crippen LogP contribution in [-0.4, -0.2) is 36.7 Å². The van der Waals surface area contributed by atoms with E-state index in [9.17, 15) is 9.59 Å². The number of nitrogens with one attached hydrogen (secondary N) is 2. The largest absolute Gasteiger partial charge is 0.355 e. The van der Waals surface area contributed by atoms with E-state index in [1.807, 2.05) is 0 Å². The fourth-order valence-corrected chi connectivity index (χ4v) is 1.84. The number of unbranched alkanes of at least 4 members (excludes halogenated alkanes) is 4. The minimum Gasteiger partial charge on any atom is -0.355 e. The second kappa shape index (κ2) is 13.9. The molecule has 0 unspecified atom stereocenters. The van der Waals surface area contributed by atoms with Crippen molar-refractivity contribution >= 4 is 35.0 Å². The van der Waals surface area contributed by atoms with Crippen LogP contribution in [0, 0.1) is 0 Å². The van der Waals surface area contributed by atoms with Gasteiger partial charge in [0.05, 0.1) is 0 Å². The first-order chi connectivity index (χ1) is 9.20.